The maximum Gasteiger partial charge on any atom is 0.326 e. The highest BCUT2D eigenvalue weighted by atomic mass is 16.4. The second kappa shape index (κ2) is 6.04. The summed E-state index contributed by atoms with van der Waals surface area (Å²) < 4.78 is 0. The Kier molecular flexibility index (Phi) is 4.95. The summed E-state index contributed by atoms with van der Waals surface area (Å²) >= 11 is 0. The van der Waals surface area contributed by atoms with E-state index < -0.39 is 18.1 Å². The Bertz CT molecular complexity index is 321. The molecule has 18 heavy (non-hydrogen) atoms. The number of amides is 2. The standard InChI is InChI=1S/C12H22N2O4/c1-4-8(3)13(5-2)12(18)14-7-9(15)6-10(14)11(16)17/h8-10,15H,4-7H2,1-3H3,(H,16,17)/t8?,9-,10-/m0/s1. The molecular weight excluding hydrogens is 236 g/mol. The zero-order chi connectivity index (χ0) is 13.9. The summed E-state index contributed by atoms with van der Waals surface area (Å²) in [6.07, 6.45) is 0.179. The minimum absolute atomic E-state index is 0.0645. The number of carbonyl (C=O) groups excluding carboxylic acids is 1. The molecular formula is C12H22N2O4. The van der Waals surface area contributed by atoms with Crippen molar-refractivity contribution < 1.29 is 19.8 Å². The molecule has 1 unspecified atom stereocenters. The summed E-state index contributed by atoms with van der Waals surface area (Å²) in [4.78, 5) is 26.3. The molecule has 1 fully saturated rings. The van der Waals surface area contributed by atoms with E-state index in [1.54, 1.807) is 4.90 Å². The van der Waals surface area contributed by atoms with Gasteiger partial charge in [-0.15, -0.1) is 0 Å². The first-order chi connectivity index (χ1) is 8.42. The third kappa shape index (κ3) is 2.93. The number of rotatable bonds is 4. The number of aliphatic hydroxyl groups is 1. The number of hydrogen-bond donors (Lipinski definition) is 2. The number of aliphatic carboxylic acids is 1. The van der Waals surface area contributed by atoms with Gasteiger partial charge in [-0.25, -0.2) is 9.59 Å². The molecule has 0 radical (unpaired) electrons. The highest BCUT2D eigenvalue weighted by Crippen LogP contribution is 2.21. The highest BCUT2D eigenvalue weighted by molar-refractivity contribution is 5.83. The van der Waals surface area contributed by atoms with Crippen LogP contribution in [0.15, 0.2) is 0 Å². The molecule has 1 saturated heterocycles. The van der Waals surface area contributed by atoms with Crippen LogP contribution in [0.3, 0.4) is 0 Å². The van der Waals surface area contributed by atoms with Gasteiger partial charge in [-0.3, -0.25) is 0 Å². The van der Waals surface area contributed by atoms with Crippen molar-refractivity contribution in [3.05, 3.63) is 0 Å². The first-order valence-corrected chi connectivity index (χ1v) is 6.40. The Hall–Kier alpha value is -1.30. The lowest BCUT2D eigenvalue weighted by atomic mass is 10.2. The van der Waals surface area contributed by atoms with Crippen LogP contribution in [0.4, 0.5) is 4.79 Å². The van der Waals surface area contributed by atoms with Crippen molar-refractivity contribution in [1.29, 1.82) is 0 Å². The van der Waals surface area contributed by atoms with Gasteiger partial charge in [-0.1, -0.05) is 6.92 Å². The summed E-state index contributed by atoms with van der Waals surface area (Å²) in [5.41, 5.74) is 0. The van der Waals surface area contributed by atoms with Crippen molar-refractivity contribution in [3.63, 3.8) is 0 Å². The van der Waals surface area contributed by atoms with Crippen LogP contribution in [-0.4, -0.2) is 63.3 Å². The largest absolute Gasteiger partial charge is 0.480 e. The third-order valence-electron chi connectivity index (χ3n) is 3.52. The number of nitrogens with zero attached hydrogens (tertiary/aromatic N) is 2. The second-order valence-electron chi connectivity index (χ2n) is 4.72. The molecule has 0 aromatic carbocycles. The van der Waals surface area contributed by atoms with Gasteiger partial charge in [0.15, 0.2) is 0 Å². The van der Waals surface area contributed by atoms with Crippen LogP contribution in [0.5, 0.6) is 0 Å². The summed E-state index contributed by atoms with van der Waals surface area (Å²) in [5, 5.41) is 18.6. The Balaban J connectivity index is 2.83. The number of urea groups is 1. The van der Waals surface area contributed by atoms with Gasteiger partial charge in [0.1, 0.15) is 6.04 Å². The first kappa shape index (κ1) is 14.8. The number of carbonyl (C=O) groups is 2. The molecule has 1 aliphatic rings. The molecule has 104 valence electrons. The quantitative estimate of drug-likeness (QED) is 0.779. The number of likely N-dealkylation sites (tertiary alicyclic amines) is 1. The Morgan fingerprint density at radius 2 is 2.06 bits per heavy atom. The zero-order valence-electron chi connectivity index (χ0n) is 11.2. The maximum absolute atomic E-state index is 12.3. The molecule has 6 nitrogen and oxygen atoms in total. The number of β-amino-alcohol motifs (C(OH)–C–C–N with tert-alkyl or cyclic N) is 1. The fourth-order valence-electron chi connectivity index (χ4n) is 2.28. The lowest BCUT2D eigenvalue weighted by molar-refractivity contribution is -0.141. The molecule has 0 bridgehead atoms. The predicted molar refractivity (Wildman–Crippen MR) is 66.3 cm³/mol. The molecule has 2 amide bonds. The van der Waals surface area contributed by atoms with Gasteiger partial charge in [0, 0.05) is 25.6 Å². The molecule has 6 heteroatoms. The van der Waals surface area contributed by atoms with E-state index in [4.69, 9.17) is 5.11 Å². The zero-order valence-corrected chi connectivity index (χ0v) is 11.2. The van der Waals surface area contributed by atoms with Crippen LogP contribution >= 0.6 is 0 Å². The van der Waals surface area contributed by atoms with Gasteiger partial charge in [0.25, 0.3) is 0 Å². The number of hydrogen-bond acceptors (Lipinski definition) is 3. The topological polar surface area (TPSA) is 81.1 Å². The van der Waals surface area contributed by atoms with Crippen LogP contribution in [0.25, 0.3) is 0 Å². The monoisotopic (exact) mass is 258 g/mol. The molecule has 0 saturated carbocycles. The van der Waals surface area contributed by atoms with E-state index in [0.717, 1.165) is 6.42 Å². The lowest BCUT2D eigenvalue weighted by Gasteiger charge is -2.33. The number of carboxylic acids is 1. The van der Waals surface area contributed by atoms with Crippen molar-refractivity contribution in [2.45, 2.75) is 51.8 Å². The summed E-state index contributed by atoms with van der Waals surface area (Å²) in [5.74, 6) is -1.06. The van der Waals surface area contributed by atoms with E-state index in [9.17, 15) is 14.7 Å². The van der Waals surface area contributed by atoms with Gasteiger partial charge in [0.2, 0.25) is 0 Å². The van der Waals surface area contributed by atoms with E-state index in [2.05, 4.69) is 0 Å². The third-order valence-corrected chi connectivity index (χ3v) is 3.52. The van der Waals surface area contributed by atoms with Crippen LogP contribution in [0.1, 0.15) is 33.6 Å². The molecule has 1 rings (SSSR count). The van der Waals surface area contributed by atoms with Crippen molar-refractivity contribution in [2.24, 2.45) is 0 Å². The summed E-state index contributed by atoms with van der Waals surface area (Å²) in [6, 6.07) is -1.14. The number of carboxylic acid groups (broad SMARTS) is 1. The highest BCUT2D eigenvalue weighted by Gasteiger charge is 2.40. The molecule has 3 atom stereocenters. The van der Waals surface area contributed by atoms with Crippen molar-refractivity contribution in [1.82, 2.24) is 9.80 Å². The van der Waals surface area contributed by atoms with Gasteiger partial charge >= 0.3 is 12.0 Å². The van der Waals surface area contributed by atoms with Crippen LogP contribution in [-0.2, 0) is 4.79 Å². The minimum atomic E-state index is -1.06. The van der Waals surface area contributed by atoms with E-state index in [1.807, 2.05) is 20.8 Å². The first-order valence-electron chi connectivity index (χ1n) is 6.40. The van der Waals surface area contributed by atoms with Crippen molar-refractivity contribution in [3.8, 4) is 0 Å². The molecule has 2 N–H and O–H groups in total. The fourth-order valence-corrected chi connectivity index (χ4v) is 2.28. The van der Waals surface area contributed by atoms with E-state index >= 15 is 0 Å². The SMILES string of the molecule is CCC(C)N(CC)C(=O)N1C[C@@H](O)C[C@H]1C(=O)O. The minimum Gasteiger partial charge on any atom is -0.480 e. The van der Waals surface area contributed by atoms with Gasteiger partial charge < -0.3 is 20.0 Å². The maximum atomic E-state index is 12.3. The molecule has 0 spiro atoms. The van der Waals surface area contributed by atoms with Gasteiger partial charge in [-0.2, -0.15) is 0 Å². The summed E-state index contributed by atoms with van der Waals surface area (Å²) in [6.45, 7) is 6.42. The molecule has 0 aromatic rings. The van der Waals surface area contributed by atoms with Gasteiger partial charge in [0.05, 0.1) is 6.10 Å². The average molecular weight is 258 g/mol. The fraction of sp³-hybridized carbons (Fsp3) is 0.833. The van der Waals surface area contributed by atoms with Crippen molar-refractivity contribution >= 4 is 12.0 Å². The van der Waals surface area contributed by atoms with E-state index in [1.165, 1.54) is 4.90 Å². The number of aliphatic hydroxyl groups excluding tert-OH is 1. The van der Waals surface area contributed by atoms with Crippen LogP contribution in [0.2, 0.25) is 0 Å². The average Bonchev–Trinajstić information content (AvgIpc) is 2.72. The summed E-state index contributed by atoms with van der Waals surface area (Å²) in [7, 11) is 0. The Morgan fingerprint density at radius 3 is 2.50 bits per heavy atom. The van der Waals surface area contributed by atoms with E-state index in [0.29, 0.717) is 6.54 Å². The van der Waals surface area contributed by atoms with Crippen LogP contribution in [0, 0.1) is 0 Å². The van der Waals surface area contributed by atoms with Crippen LogP contribution < -0.4 is 0 Å². The molecule has 0 aliphatic carbocycles. The molecule has 0 aromatic heterocycles. The lowest BCUT2D eigenvalue weighted by Crippen LogP contribution is -2.50. The van der Waals surface area contributed by atoms with Crippen molar-refractivity contribution in [2.75, 3.05) is 13.1 Å². The molecule has 1 heterocycles. The molecule has 1 aliphatic heterocycles. The Morgan fingerprint density at radius 1 is 1.44 bits per heavy atom. The smallest absolute Gasteiger partial charge is 0.326 e. The predicted octanol–water partition coefficient (Wildman–Crippen LogP) is 0.747. The Labute approximate surface area is 107 Å². The second-order valence-corrected chi connectivity index (χ2v) is 4.72. The van der Waals surface area contributed by atoms with Gasteiger partial charge in [-0.05, 0) is 20.3 Å². The normalized spacial score (nSPS) is 25.0. The van der Waals surface area contributed by atoms with E-state index in [-0.39, 0.29) is 25.0 Å².